The number of imidazole rings is 1. The van der Waals surface area contributed by atoms with Crippen LogP contribution in [0.4, 0.5) is 0 Å². The third kappa shape index (κ3) is 2.63. The Morgan fingerprint density at radius 1 is 1.10 bits per heavy atom. The van der Waals surface area contributed by atoms with Gasteiger partial charge in [0.25, 0.3) is 0 Å². The van der Waals surface area contributed by atoms with Crippen LogP contribution in [-0.2, 0) is 12.8 Å². The molecule has 0 atom stereocenters. The second-order valence-corrected chi connectivity index (χ2v) is 5.91. The lowest BCUT2D eigenvalue weighted by atomic mass is 10.1. The molecule has 0 N–H and O–H groups in total. The monoisotopic (exact) mass is 328 g/mol. The van der Waals surface area contributed by atoms with Gasteiger partial charge in [-0.05, 0) is 40.0 Å². The zero-order valence-corrected chi connectivity index (χ0v) is 13.1. The lowest BCUT2D eigenvalue weighted by Crippen LogP contribution is -1.98. The molecule has 2 nitrogen and oxygen atoms in total. The number of benzene rings is 1. The van der Waals surface area contributed by atoms with Gasteiger partial charge < -0.3 is 4.40 Å². The molecule has 2 aromatic heterocycles. The Hall–Kier alpha value is -1.61. The zero-order valence-electron chi connectivity index (χ0n) is 11.5. The van der Waals surface area contributed by atoms with E-state index in [1.165, 1.54) is 17.0 Å². The smallest absolute Gasteiger partial charge is 0.137 e. The fourth-order valence-electron chi connectivity index (χ4n) is 2.53. The van der Waals surface area contributed by atoms with Gasteiger partial charge in [-0.25, -0.2) is 4.98 Å². The van der Waals surface area contributed by atoms with Crippen molar-refractivity contribution in [3.63, 3.8) is 0 Å². The van der Waals surface area contributed by atoms with Crippen LogP contribution in [0.25, 0.3) is 5.65 Å². The van der Waals surface area contributed by atoms with E-state index < -0.39 is 0 Å². The van der Waals surface area contributed by atoms with Crippen molar-refractivity contribution in [3.8, 4) is 0 Å². The molecule has 20 heavy (non-hydrogen) atoms. The average molecular weight is 329 g/mol. The lowest BCUT2D eigenvalue weighted by Gasteiger charge is -2.05. The molecule has 0 spiro atoms. The molecule has 0 amide bonds. The predicted octanol–water partition coefficient (Wildman–Crippen LogP) is 4.64. The number of hydrogen-bond acceptors (Lipinski definition) is 1. The summed E-state index contributed by atoms with van der Waals surface area (Å²) in [5, 5.41) is 0. The average Bonchev–Trinajstić information content (AvgIpc) is 2.78. The van der Waals surface area contributed by atoms with E-state index in [0.717, 1.165) is 29.4 Å². The van der Waals surface area contributed by atoms with Crippen molar-refractivity contribution in [1.29, 1.82) is 0 Å². The fourth-order valence-corrected chi connectivity index (χ4v) is 2.87. The summed E-state index contributed by atoms with van der Waals surface area (Å²) >= 11 is 3.55. The summed E-state index contributed by atoms with van der Waals surface area (Å²) in [7, 11) is 0. The van der Waals surface area contributed by atoms with Crippen LogP contribution >= 0.6 is 15.9 Å². The molecule has 0 saturated carbocycles. The number of aryl methyl sites for hydroxylation is 1. The van der Waals surface area contributed by atoms with Gasteiger partial charge in [0.15, 0.2) is 0 Å². The maximum Gasteiger partial charge on any atom is 0.137 e. The molecule has 0 unspecified atom stereocenters. The molecule has 3 rings (SSSR count). The molecule has 3 aromatic rings. The molecular formula is C17H17BrN2. The Bertz CT molecular complexity index is 716. The minimum Gasteiger partial charge on any atom is -0.302 e. The molecule has 0 fully saturated rings. The highest BCUT2D eigenvalue weighted by Crippen LogP contribution is 2.21. The Morgan fingerprint density at radius 2 is 1.90 bits per heavy atom. The highest BCUT2D eigenvalue weighted by Gasteiger charge is 2.12. The third-order valence-corrected chi connectivity index (χ3v) is 3.93. The molecule has 102 valence electrons. The van der Waals surface area contributed by atoms with Crippen LogP contribution in [0.1, 0.15) is 30.3 Å². The lowest BCUT2D eigenvalue weighted by molar-refractivity contribution is 0.866. The summed E-state index contributed by atoms with van der Waals surface area (Å²) < 4.78 is 3.29. The Morgan fingerprint density at radius 3 is 2.65 bits per heavy atom. The van der Waals surface area contributed by atoms with E-state index in [1.54, 1.807) is 0 Å². The maximum atomic E-state index is 4.78. The van der Waals surface area contributed by atoms with Crippen LogP contribution in [0.3, 0.4) is 0 Å². The Balaban J connectivity index is 2.10. The third-order valence-electron chi connectivity index (χ3n) is 3.47. The number of halogens is 1. The SMILES string of the molecule is CCCc1nc2ccc(Br)cn2c1Cc1ccccc1. The highest BCUT2D eigenvalue weighted by atomic mass is 79.9. The zero-order chi connectivity index (χ0) is 13.9. The van der Waals surface area contributed by atoms with E-state index in [2.05, 4.69) is 69.8 Å². The molecule has 3 heteroatoms. The normalized spacial score (nSPS) is 11.1. The van der Waals surface area contributed by atoms with Crippen LogP contribution in [0.15, 0.2) is 53.1 Å². The van der Waals surface area contributed by atoms with Crippen LogP contribution in [-0.4, -0.2) is 9.38 Å². The van der Waals surface area contributed by atoms with Crippen molar-refractivity contribution in [1.82, 2.24) is 9.38 Å². The Kier molecular flexibility index (Phi) is 3.88. The first-order chi connectivity index (χ1) is 9.78. The van der Waals surface area contributed by atoms with E-state index in [-0.39, 0.29) is 0 Å². The van der Waals surface area contributed by atoms with E-state index in [0.29, 0.717) is 0 Å². The summed E-state index contributed by atoms with van der Waals surface area (Å²) in [6, 6.07) is 14.7. The fraction of sp³-hybridized carbons (Fsp3) is 0.235. The molecule has 2 heterocycles. The van der Waals surface area contributed by atoms with Gasteiger partial charge in [0.05, 0.1) is 11.4 Å². The first-order valence-corrected chi connectivity index (χ1v) is 7.76. The van der Waals surface area contributed by atoms with Crippen molar-refractivity contribution >= 4 is 21.6 Å². The molecule has 0 bridgehead atoms. The minimum absolute atomic E-state index is 0.924. The molecule has 0 aliphatic heterocycles. The van der Waals surface area contributed by atoms with Crippen molar-refractivity contribution in [2.75, 3.05) is 0 Å². The van der Waals surface area contributed by atoms with Gasteiger partial charge in [0.2, 0.25) is 0 Å². The molecule has 0 aliphatic rings. The topological polar surface area (TPSA) is 17.3 Å². The molecule has 1 aromatic carbocycles. The largest absolute Gasteiger partial charge is 0.302 e. The van der Waals surface area contributed by atoms with E-state index in [4.69, 9.17) is 4.98 Å². The first-order valence-electron chi connectivity index (χ1n) is 6.97. The second kappa shape index (κ2) is 5.80. The maximum absolute atomic E-state index is 4.78. The molecule has 0 radical (unpaired) electrons. The summed E-state index contributed by atoms with van der Waals surface area (Å²) in [4.78, 5) is 4.78. The summed E-state index contributed by atoms with van der Waals surface area (Å²) in [5.41, 5.74) is 4.87. The summed E-state index contributed by atoms with van der Waals surface area (Å²) in [6.07, 6.45) is 5.18. The van der Waals surface area contributed by atoms with Crippen LogP contribution in [0.5, 0.6) is 0 Å². The molecule has 0 aliphatic carbocycles. The minimum atomic E-state index is 0.924. The number of fused-ring (bicyclic) bond motifs is 1. The van der Waals surface area contributed by atoms with Crippen molar-refractivity contribution in [2.24, 2.45) is 0 Å². The van der Waals surface area contributed by atoms with E-state index in [1.807, 2.05) is 6.07 Å². The summed E-state index contributed by atoms with van der Waals surface area (Å²) in [5.74, 6) is 0. The van der Waals surface area contributed by atoms with Gasteiger partial charge in [0, 0.05) is 17.1 Å². The number of aromatic nitrogens is 2. The predicted molar refractivity (Wildman–Crippen MR) is 86.1 cm³/mol. The van der Waals surface area contributed by atoms with Gasteiger partial charge in [-0.3, -0.25) is 0 Å². The van der Waals surface area contributed by atoms with E-state index in [9.17, 15) is 0 Å². The molecule has 0 saturated heterocycles. The highest BCUT2D eigenvalue weighted by molar-refractivity contribution is 9.10. The van der Waals surface area contributed by atoms with Crippen LogP contribution in [0, 0.1) is 0 Å². The van der Waals surface area contributed by atoms with Crippen LogP contribution < -0.4 is 0 Å². The van der Waals surface area contributed by atoms with Crippen LogP contribution in [0.2, 0.25) is 0 Å². The number of rotatable bonds is 4. The van der Waals surface area contributed by atoms with Gasteiger partial charge in [0.1, 0.15) is 5.65 Å². The quantitative estimate of drug-likeness (QED) is 0.682. The van der Waals surface area contributed by atoms with Gasteiger partial charge >= 0.3 is 0 Å². The van der Waals surface area contributed by atoms with Gasteiger partial charge in [-0.2, -0.15) is 0 Å². The first kappa shape index (κ1) is 13.4. The van der Waals surface area contributed by atoms with Crippen molar-refractivity contribution in [3.05, 3.63) is 70.1 Å². The Labute approximate surface area is 127 Å². The number of nitrogens with zero attached hydrogens (tertiary/aromatic N) is 2. The molecular weight excluding hydrogens is 312 g/mol. The van der Waals surface area contributed by atoms with E-state index >= 15 is 0 Å². The standard InChI is InChI=1S/C17H17BrN2/c1-2-6-15-16(11-13-7-4-3-5-8-13)20-12-14(18)9-10-17(20)19-15/h3-5,7-10,12H,2,6,11H2,1H3. The van der Waals surface area contributed by atoms with Gasteiger partial charge in [-0.1, -0.05) is 43.7 Å². The number of hydrogen-bond donors (Lipinski definition) is 0. The summed E-state index contributed by atoms with van der Waals surface area (Å²) in [6.45, 7) is 2.20. The van der Waals surface area contributed by atoms with Crippen molar-refractivity contribution in [2.45, 2.75) is 26.2 Å². The van der Waals surface area contributed by atoms with Gasteiger partial charge in [-0.15, -0.1) is 0 Å². The number of pyridine rings is 1. The second-order valence-electron chi connectivity index (χ2n) is 4.99. The van der Waals surface area contributed by atoms with Crippen molar-refractivity contribution < 1.29 is 0 Å².